The fourth-order valence-corrected chi connectivity index (χ4v) is 3.75. The third-order valence-electron chi connectivity index (χ3n) is 4.41. The number of aryl methyl sites for hydroxylation is 2. The quantitative estimate of drug-likeness (QED) is 0.575. The zero-order valence-electron chi connectivity index (χ0n) is 15.0. The van der Waals surface area contributed by atoms with Crippen molar-refractivity contribution in [1.82, 2.24) is 24.6 Å². The van der Waals surface area contributed by atoms with Gasteiger partial charge in [0.2, 0.25) is 5.91 Å². The maximum absolute atomic E-state index is 12.4. The molecule has 0 fully saturated rings. The number of hydrogen-bond donors (Lipinski definition) is 1. The van der Waals surface area contributed by atoms with E-state index in [0.29, 0.717) is 23.8 Å². The van der Waals surface area contributed by atoms with Crippen molar-refractivity contribution >= 4 is 28.2 Å². The molecular formula is C19H18N6OS. The van der Waals surface area contributed by atoms with Crippen LogP contribution in [0.1, 0.15) is 23.4 Å². The molecule has 1 aromatic carbocycles. The predicted molar refractivity (Wildman–Crippen MR) is 105 cm³/mol. The van der Waals surface area contributed by atoms with Crippen LogP contribution in [-0.2, 0) is 11.2 Å². The van der Waals surface area contributed by atoms with Gasteiger partial charge in [-0.25, -0.2) is 14.5 Å². The summed E-state index contributed by atoms with van der Waals surface area (Å²) in [5, 5.41) is 9.62. The van der Waals surface area contributed by atoms with E-state index in [0.717, 1.165) is 28.2 Å². The number of benzene rings is 1. The molecule has 4 rings (SSSR count). The van der Waals surface area contributed by atoms with Gasteiger partial charge in [0, 0.05) is 28.8 Å². The molecule has 3 aromatic heterocycles. The topological polar surface area (TPSA) is 85.1 Å². The Balaban J connectivity index is 1.43. The highest BCUT2D eigenvalue weighted by atomic mass is 32.1. The lowest BCUT2D eigenvalue weighted by atomic mass is 10.1. The fraction of sp³-hybridized carbons (Fsp3) is 0.211. The summed E-state index contributed by atoms with van der Waals surface area (Å²) in [5.74, 6) is 0.510. The minimum Gasteiger partial charge on any atom is -0.302 e. The van der Waals surface area contributed by atoms with E-state index in [9.17, 15) is 4.79 Å². The van der Waals surface area contributed by atoms with Gasteiger partial charge in [0.1, 0.15) is 6.33 Å². The number of thiazole rings is 1. The molecule has 0 atom stereocenters. The Morgan fingerprint density at radius 3 is 2.81 bits per heavy atom. The van der Waals surface area contributed by atoms with Crippen LogP contribution in [0, 0.1) is 13.8 Å². The van der Waals surface area contributed by atoms with Crippen molar-refractivity contribution in [2.24, 2.45) is 0 Å². The van der Waals surface area contributed by atoms with Gasteiger partial charge in [-0.05, 0) is 25.8 Å². The highest BCUT2D eigenvalue weighted by molar-refractivity contribution is 7.14. The van der Waals surface area contributed by atoms with E-state index in [2.05, 4.69) is 25.4 Å². The molecule has 136 valence electrons. The maximum atomic E-state index is 12.4. The van der Waals surface area contributed by atoms with Gasteiger partial charge in [-0.2, -0.15) is 10.1 Å². The molecule has 0 bridgehead atoms. The molecule has 3 heterocycles. The van der Waals surface area contributed by atoms with E-state index in [-0.39, 0.29) is 5.91 Å². The number of anilines is 1. The van der Waals surface area contributed by atoms with Gasteiger partial charge in [0.15, 0.2) is 5.13 Å². The minimum absolute atomic E-state index is 0.0681. The summed E-state index contributed by atoms with van der Waals surface area (Å²) in [5.41, 5.74) is 4.76. The van der Waals surface area contributed by atoms with Gasteiger partial charge >= 0.3 is 0 Å². The summed E-state index contributed by atoms with van der Waals surface area (Å²) in [4.78, 5) is 25.4. The van der Waals surface area contributed by atoms with Gasteiger partial charge in [0.05, 0.1) is 5.69 Å². The van der Waals surface area contributed by atoms with E-state index < -0.39 is 0 Å². The zero-order chi connectivity index (χ0) is 18.8. The monoisotopic (exact) mass is 378 g/mol. The molecule has 0 saturated heterocycles. The van der Waals surface area contributed by atoms with Gasteiger partial charge in [-0.1, -0.05) is 30.3 Å². The van der Waals surface area contributed by atoms with Crippen LogP contribution >= 0.6 is 11.3 Å². The standard InChI is InChI=1S/C19H18N6OS/c1-12-15(13(2)25-18(22-12)20-11-21-25)8-9-17(26)24-19-23-16(10-27-19)14-6-4-3-5-7-14/h3-7,10-11H,8-9H2,1-2H3,(H,23,24,26). The fourth-order valence-electron chi connectivity index (χ4n) is 3.01. The van der Waals surface area contributed by atoms with Crippen LogP contribution in [0.2, 0.25) is 0 Å². The number of nitrogens with one attached hydrogen (secondary N) is 1. The van der Waals surface area contributed by atoms with Crippen molar-refractivity contribution in [2.45, 2.75) is 26.7 Å². The molecule has 0 unspecified atom stereocenters. The third kappa shape index (κ3) is 3.56. The largest absolute Gasteiger partial charge is 0.302 e. The predicted octanol–water partition coefficient (Wildman–Crippen LogP) is 3.44. The first-order valence-corrected chi connectivity index (χ1v) is 9.46. The molecule has 1 N–H and O–H groups in total. The van der Waals surface area contributed by atoms with Crippen molar-refractivity contribution in [1.29, 1.82) is 0 Å². The Hall–Kier alpha value is -3.13. The molecule has 4 aromatic rings. The molecular weight excluding hydrogens is 360 g/mol. The smallest absolute Gasteiger partial charge is 0.252 e. The third-order valence-corrected chi connectivity index (χ3v) is 5.17. The van der Waals surface area contributed by atoms with Crippen molar-refractivity contribution in [3.05, 3.63) is 59.0 Å². The van der Waals surface area contributed by atoms with E-state index >= 15 is 0 Å². The number of carbonyl (C=O) groups is 1. The SMILES string of the molecule is Cc1nc2ncnn2c(C)c1CCC(=O)Nc1nc(-c2ccccc2)cs1. The van der Waals surface area contributed by atoms with Crippen LogP contribution in [-0.4, -0.2) is 30.5 Å². The number of carbonyl (C=O) groups excluding carboxylic acids is 1. The summed E-state index contributed by atoms with van der Waals surface area (Å²) in [6.45, 7) is 3.90. The second-order valence-electron chi connectivity index (χ2n) is 6.19. The van der Waals surface area contributed by atoms with Gasteiger partial charge in [-0.15, -0.1) is 11.3 Å². The molecule has 0 aliphatic heterocycles. The summed E-state index contributed by atoms with van der Waals surface area (Å²) in [6.07, 6.45) is 2.42. The second kappa shape index (κ2) is 7.24. The molecule has 0 aliphatic rings. The van der Waals surface area contributed by atoms with Crippen LogP contribution in [0.4, 0.5) is 5.13 Å². The van der Waals surface area contributed by atoms with Crippen LogP contribution in [0.5, 0.6) is 0 Å². The highest BCUT2D eigenvalue weighted by Crippen LogP contribution is 2.24. The average Bonchev–Trinajstić information content (AvgIpc) is 3.32. The number of hydrogen-bond acceptors (Lipinski definition) is 6. The Morgan fingerprint density at radius 1 is 1.19 bits per heavy atom. The Labute approximate surface area is 160 Å². The van der Waals surface area contributed by atoms with E-state index in [1.807, 2.05) is 49.6 Å². The summed E-state index contributed by atoms with van der Waals surface area (Å²) in [7, 11) is 0. The molecule has 0 saturated carbocycles. The highest BCUT2D eigenvalue weighted by Gasteiger charge is 2.13. The van der Waals surface area contributed by atoms with E-state index in [1.54, 1.807) is 4.52 Å². The molecule has 1 amide bonds. The lowest BCUT2D eigenvalue weighted by Crippen LogP contribution is -2.14. The molecule has 0 spiro atoms. The molecule has 0 aliphatic carbocycles. The number of amides is 1. The van der Waals surface area contributed by atoms with E-state index in [4.69, 9.17) is 0 Å². The first-order chi connectivity index (χ1) is 13.1. The van der Waals surface area contributed by atoms with Gasteiger partial charge in [0.25, 0.3) is 5.78 Å². The second-order valence-corrected chi connectivity index (χ2v) is 7.04. The lowest BCUT2D eigenvalue weighted by molar-refractivity contribution is -0.116. The van der Waals surface area contributed by atoms with Crippen molar-refractivity contribution < 1.29 is 4.79 Å². The Bertz CT molecular complexity index is 1100. The van der Waals surface area contributed by atoms with Gasteiger partial charge in [-0.3, -0.25) is 4.79 Å². The van der Waals surface area contributed by atoms with Crippen LogP contribution in [0.15, 0.2) is 42.0 Å². The van der Waals surface area contributed by atoms with Crippen molar-refractivity contribution in [2.75, 3.05) is 5.32 Å². The number of fused-ring (bicyclic) bond motifs is 1. The number of aromatic nitrogens is 5. The number of rotatable bonds is 5. The summed E-state index contributed by atoms with van der Waals surface area (Å²) in [6, 6.07) is 9.90. The Kier molecular flexibility index (Phi) is 4.64. The lowest BCUT2D eigenvalue weighted by Gasteiger charge is -2.10. The van der Waals surface area contributed by atoms with Crippen LogP contribution in [0.3, 0.4) is 0 Å². The van der Waals surface area contributed by atoms with Crippen LogP contribution in [0.25, 0.3) is 17.0 Å². The first kappa shape index (κ1) is 17.3. The number of nitrogens with zero attached hydrogens (tertiary/aromatic N) is 5. The maximum Gasteiger partial charge on any atom is 0.252 e. The average molecular weight is 378 g/mol. The van der Waals surface area contributed by atoms with Crippen molar-refractivity contribution in [3.63, 3.8) is 0 Å². The molecule has 0 radical (unpaired) electrons. The normalized spacial score (nSPS) is 11.0. The Morgan fingerprint density at radius 2 is 2.00 bits per heavy atom. The molecule has 8 heteroatoms. The zero-order valence-corrected chi connectivity index (χ0v) is 15.8. The van der Waals surface area contributed by atoms with E-state index in [1.165, 1.54) is 17.7 Å². The first-order valence-electron chi connectivity index (χ1n) is 8.58. The van der Waals surface area contributed by atoms with Gasteiger partial charge < -0.3 is 5.32 Å². The van der Waals surface area contributed by atoms with Crippen LogP contribution < -0.4 is 5.32 Å². The molecule has 27 heavy (non-hydrogen) atoms. The molecule has 7 nitrogen and oxygen atoms in total. The minimum atomic E-state index is -0.0681. The summed E-state index contributed by atoms with van der Waals surface area (Å²) < 4.78 is 1.70. The van der Waals surface area contributed by atoms with Crippen molar-refractivity contribution in [3.8, 4) is 11.3 Å². The summed E-state index contributed by atoms with van der Waals surface area (Å²) >= 11 is 1.43.